The molecule has 0 rings (SSSR count). The van der Waals surface area contributed by atoms with Crippen molar-refractivity contribution >= 4 is 29.6 Å². The fourth-order valence-electron chi connectivity index (χ4n) is 0. The molecule has 0 spiro atoms. The van der Waals surface area contributed by atoms with Crippen LogP contribution >= 0.6 is 23.5 Å². The number of hydrogen-bond donors (Lipinski definition) is 13. The second kappa shape index (κ2) is 34.8. The van der Waals surface area contributed by atoms with Crippen molar-refractivity contribution in [2.45, 2.75) is 0 Å². The van der Waals surface area contributed by atoms with Gasteiger partial charge in [0.05, 0.1) is 0 Å². The number of hydrogen-bond acceptors (Lipinski definition) is 6. The topological polar surface area (TPSA) is 361 Å². The Morgan fingerprint density at radius 1 is 0.538 bits per heavy atom. The van der Waals surface area contributed by atoms with E-state index in [-0.39, 0.29) is 104 Å². The van der Waals surface area contributed by atoms with Gasteiger partial charge in [-0.15, -0.1) is 0 Å². The Morgan fingerprint density at radius 3 is 0.538 bits per heavy atom. The first-order chi connectivity index (χ1) is 7.73. The van der Waals surface area contributed by atoms with Crippen LogP contribution in [0.15, 0.2) is 0 Å². The van der Waals surface area contributed by atoms with Gasteiger partial charge in [-0.25, -0.2) is 18.5 Å². The predicted molar refractivity (Wildman–Crippen MR) is 65.7 cm³/mol. The first-order valence-electron chi connectivity index (χ1n) is 3.00. The molecule has 17 N–H and O–H groups in total. The first kappa shape index (κ1) is 70.5. The van der Waals surface area contributed by atoms with E-state index in [1.165, 1.54) is 0 Å². The Morgan fingerprint density at radius 2 is 0.538 bits per heavy atom. The van der Waals surface area contributed by atoms with E-state index in [1.807, 2.05) is 0 Å². The third-order valence-corrected chi connectivity index (χ3v) is 0. The second-order valence-corrected chi connectivity index (χ2v) is 4.90. The molecule has 0 bridgehead atoms. The van der Waals surface area contributed by atoms with Gasteiger partial charge in [0, 0.05) is 51.2 Å². The minimum absolute atomic E-state index is 0. The number of rotatable bonds is 0. The summed E-state index contributed by atoms with van der Waals surface area (Å²) in [4.78, 5) is 73.2. The summed E-state index contributed by atoms with van der Waals surface area (Å²) in [5, 5.41) is 13.9. The molecule has 0 aromatic carbocycles. The van der Waals surface area contributed by atoms with E-state index < -0.39 is 29.6 Å². The van der Waals surface area contributed by atoms with Crippen molar-refractivity contribution in [3.05, 3.63) is 0 Å². The molecule has 0 unspecified atom stereocenters. The smallest absolute Gasteiger partial charge is 1.00 e. The minimum Gasteiger partial charge on any atom is -1.00 e. The fraction of sp³-hybridized carbons (Fsp3) is 0. The van der Waals surface area contributed by atoms with Crippen molar-refractivity contribution in [3.8, 4) is 0 Å². The molecule has 0 amide bonds. The number of phosphoric acid groups is 3. The number of carboxylic acid groups (broad SMARTS) is 2. The van der Waals surface area contributed by atoms with E-state index in [0.29, 0.717) is 0 Å². The molecule has 0 saturated heterocycles. The summed E-state index contributed by atoms with van der Waals surface area (Å²) in [6.07, 6.45) is -1.83. The molecular weight excluding hydrogens is 554 g/mol. The zero-order chi connectivity index (χ0) is 17.1. The van der Waals surface area contributed by atoms with Gasteiger partial charge in [0.2, 0.25) is 0 Å². The van der Waals surface area contributed by atoms with Crippen LogP contribution in [0, 0.1) is 0 Å². The molecule has 0 radical (unpaired) electrons. The van der Waals surface area contributed by atoms with E-state index in [2.05, 4.69) is 0 Å². The van der Waals surface area contributed by atoms with Crippen molar-refractivity contribution in [2.75, 3.05) is 0 Å². The summed E-state index contributed by atoms with van der Waals surface area (Å²) >= 11 is 0. The Bertz CT molecular complexity index is 316. The molecule has 25 heteroatoms. The molecular formula is CH19Fe3Li2N2O15P3. The van der Waals surface area contributed by atoms with Gasteiger partial charge < -0.3 is 69.4 Å². The molecule has 0 heterocycles. The van der Waals surface area contributed by atoms with Gasteiger partial charge in [0.25, 0.3) is 0 Å². The average molecular weight is 574 g/mol. The third kappa shape index (κ3) is 3250. The molecule has 0 fully saturated rings. The molecule has 164 valence electrons. The van der Waals surface area contributed by atoms with Crippen LogP contribution in [0.2, 0.25) is 0 Å². The molecule has 0 aromatic rings. The van der Waals surface area contributed by atoms with Crippen LogP contribution in [0.4, 0.5) is 4.79 Å². The van der Waals surface area contributed by atoms with Crippen molar-refractivity contribution in [1.82, 2.24) is 12.3 Å². The normalized spacial score (nSPS) is 7.73. The van der Waals surface area contributed by atoms with Crippen LogP contribution in [0.5, 0.6) is 0 Å². The molecule has 0 aromatic heterocycles. The summed E-state index contributed by atoms with van der Waals surface area (Å²) in [5.41, 5.74) is 0. The quantitative estimate of drug-likeness (QED) is 0.0944. The van der Waals surface area contributed by atoms with Crippen LogP contribution in [0.1, 0.15) is 2.85 Å². The zero-order valence-corrected chi connectivity index (χ0v) is 18.9. The fourth-order valence-corrected chi connectivity index (χ4v) is 0. The summed E-state index contributed by atoms with van der Waals surface area (Å²) in [7, 11) is -13.9. The van der Waals surface area contributed by atoms with Gasteiger partial charge in [0.1, 0.15) is 0 Å². The Labute approximate surface area is 205 Å². The van der Waals surface area contributed by atoms with Crippen molar-refractivity contribution < 1.29 is 165 Å². The molecule has 17 nitrogen and oxygen atoms in total. The maximum Gasteiger partial charge on any atom is 1.00 e. The maximum atomic E-state index is 8.88. The summed E-state index contributed by atoms with van der Waals surface area (Å²) in [6.45, 7) is 0. The average Bonchev–Trinajstić information content (AvgIpc) is 1.66. The summed E-state index contributed by atoms with van der Waals surface area (Å²) in [5.74, 6) is 0. The maximum absolute atomic E-state index is 8.88. The molecule has 0 atom stereocenters. The first-order valence-corrected chi connectivity index (χ1v) is 7.69. The third-order valence-electron chi connectivity index (χ3n) is 0. The van der Waals surface area contributed by atoms with Crippen molar-refractivity contribution in [1.29, 1.82) is 0 Å². The van der Waals surface area contributed by atoms with E-state index in [0.717, 1.165) is 0 Å². The van der Waals surface area contributed by atoms with E-state index in [4.69, 9.17) is 72.7 Å². The van der Waals surface area contributed by atoms with Gasteiger partial charge in [0.15, 0.2) is 0 Å². The largest absolute Gasteiger partial charge is 1.00 e. The molecule has 0 saturated carbocycles. The zero-order valence-electron chi connectivity index (χ0n) is 14.9. The Hall–Kier alpha value is 2.27. The van der Waals surface area contributed by atoms with Crippen LogP contribution in [-0.4, -0.2) is 60.4 Å². The van der Waals surface area contributed by atoms with Crippen molar-refractivity contribution in [2.24, 2.45) is 0 Å². The molecule has 26 heavy (non-hydrogen) atoms. The van der Waals surface area contributed by atoms with Gasteiger partial charge in [-0.1, -0.05) is 0 Å². The van der Waals surface area contributed by atoms with E-state index in [1.54, 1.807) is 0 Å². The number of carbonyl (C=O) groups is 1. The van der Waals surface area contributed by atoms with Gasteiger partial charge in [-0.2, -0.15) is 0 Å². The van der Waals surface area contributed by atoms with E-state index in [9.17, 15) is 0 Å². The van der Waals surface area contributed by atoms with Gasteiger partial charge in [-0.05, 0) is 0 Å². The summed E-state index contributed by atoms with van der Waals surface area (Å²) in [6, 6.07) is 0. The van der Waals surface area contributed by atoms with Crippen LogP contribution in [-0.2, 0) is 64.9 Å². The standard InChI is InChI=1S/CH2O3.3Fe.2Li.2H3N.3H3O4P.2H/c2-1(3)4;;;;;;;;3*1-5(2,3)4;;/h(H2,2,3,4);;;;;;2*1H3;3*(H3,1,2,3,4);;/q;;;;2*+1;;;;;;2*-1. The van der Waals surface area contributed by atoms with Crippen LogP contribution in [0.3, 0.4) is 0 Å². The van der Waals surface area contributed by atoms with E-state index >= 15 is 0 Å². The molecule has 0 aliphatic heterocycles. The molecule has 0 aliphatic carbocycles. The van der Waals surface area contributed by atoms with Crippen LogP contribution in [0.25, 0.3) is 0 Å². The van der Waals surface area contributed by atoms with Crippen LogP contribution < -0.4 is 50.0 Å². The Balaban J connectivity index is -0.00000000882. The SMILES string of the molecule is N.N.O=C(O)O.O=P(O)(O)O.O=P(O)(O)O.O=P(O)(O)O.[Fe].[Fe].[Fe].[H-].[H-].[Li+].[Li+]. The molecule has 0 aliphatic rings. The summed E-state index contributed by atoms with van der Waals surface area (Å²) < 4.78 is 26.6. The van der Waals surface area contributed by atoms with Crippen molar-refractivity contribution in [3.63, 3.8) is 0 Å². The van der Waals surface area contributed by atoms with Gasteiger partial charge >= 0.3 is 67.3 Å². The van der Waals surface area contributed by atoms with Gasteiger partial charge in [-0.3, -0.25) is 0 Å². The predicted octanol–water partition coefficient (Wildman–Crippen LogP) is -8.01. The second-order valence-electron chi connectivity index (χ2n) is 1.82. The minimum atomic E-state index is -4.64. The Kier molecular flexibility index (Phi) is 94.2. The monoisotopic (exact) mass is 574 g/mol.